The molecule has 0 radical (unpaired) electrons. The normalized spacial score (nSPS) is 10.7. The number of methoxy groups -OCH3 is 1. The van der Waals surface area contributed by atoms with Crippen LogP contribution in [0, 0.1) is 4.77 Å². The Morgan fingerprint density at radius 3 is 2.70 bits per heavy atom. The highest BCUT2D eigenvalue weighted by atomic mass is 32.1. The lowest BCUT2D eigenvalue weighted by Gasteiger charge is -2.08. The van der Waals surface area contributed by atoms with Gasteiger partial charge in [0.1, 0.15) is 12.3 Å². The van der Waals surface area contributed by atoms with Gasteiger partial charge in [-0.1, -0.05) is 24.3 Å². The third kappa shape index (κ3) is 3.43. The molecule has 6 heteroatoms. The van der Waals surface area contributed by atoms with Crippen LogP contribution >= 0.6 is 12.2 Å². The maximum absolute atomic E-state index is 12.2. The Balaban J connectivity index is 1.66. The van der Waals surface area contributed by atoms with Gasteiger partial charge >= 0.3 is 0 Å². The number of fused-ring (bicyclic) bond motifs is 1. The minimum atomic E-state index is -0.0818. The summed E-state index contributed by atoms with van der Waals surface area (Å²) < 4.78 is 7.46. The fourth-order valence-electron chi connectivity index (χ4n) is 2.41. The third-order valence-electron chi connectivity index (χ3n) is 3.63. The molecule has 0 unspecified atom stereocenters. The Kier molecular flexibility index (Phi) is 4.43. The van der Waals surface area contributed by atoms with Crippen LogP contribution in [0.2, 0.25) is 0 Å². The molecule has 2 N–H and O–H groups in total. The van der Waals surface area contributed by atoms with Crippen LogP contribution in [0.15, 0.2) is 48.5 Å². The average molecular weight is 327 g/mol. The van der Waals surface area contributed by atoms with Gasteiger partial charge < -0.3 is 19.6 Å². The molecule has 0 aliphatic carbocycles. The number of hydrogen-bond acceptors (Lipinski definition) is 3. The Bertz CT molecular complexity index is 881. The first-order chi connectivity index (χ1) is 11.2. The molecule has 3 aromatic rings. The first-order valence-corrected chi connectivity index (χ1v) is 7.65. The standard InChI is InChI=1S/C17H17N3O2S/c1-22-13-8-6-12(7-9-13)10-18-16(21)11-20-15-5-3-2-4-14(15)19-17(20)23/h2-9H,10-11H2,1H3,(H,18,21)(H,19,23). The molecular formula is C17H17N3O2S. The number of para-hydroxylation sites is 2. The van der Waals surface area contributed by atoms with Crippen molar-refractivity contribution in [2.24, 2.45) is 0 Å². The lowest BCUT2D eigenvalue weighted by atomic mass is 10.2. The monoisotopic (exact) mass is 327 g/mol. The van der Waals surface area contributed by atoms with Crippen LogP contribution in [0.5, 0.6) is 5.75 Å². The highest BCUT2D eigenvalue weighted by Crippen LogP contribution is 2.13. The number of benzene rings is 2. The number of nitrogens with zero attached hydrogens (tertiary/aromatic N) is 1. The molecule has 0 aliphatic heterocycles. The lowest BCUT2D eigenvalue weighted by Crippen LogP contribution is -2.27. The Morgan fingerprint density at radius 2 is 1.96 bits per heavy atom. The Hall–Kier alpha value is -2.60. The SMILES string of the molecule is COc1ccc(CNC(=O)Cn2c(=S)[nH]c3ccccc32)cc1. The minimum Gasteiger partial charge on any atom is -0.497 e. The van der Waals surface area contributed by atoms with E-state index in [9.17, 15) is 4.79 Å². The molecular weight excluding hydrogens is 310 g/mol. The van der Waals surface area contributed by atoms with Gasteiger partial charge in [0.2, 0.25) is 5.91 Å². The number of nitrogens with one attached hydrogen (secondary N) is 2. The van der Waals surface area contributed by atoms with Crippen molar-refractivity contribution in [2.75, 3.05) is 7.11 Å². The molecule has 0 atom stereocenters. The fourth-order valence-corrected chi connectivity index (χ4v) is 2.68. The van der Waals surface area contributed by atoms with E-state index in [1.54, 1.807) is 11.7 Å². The average Bonchev–Trinajstić information content (AvgIpc) is 2.89. The summed E-state index contributed by atoms with van der Waals surface area (Å²) in [6.45, 7) is 0.664. The predicted molar refractivity (Wildman–Crippen MR) is 92.0 cm³/mol. The maximum atomic E-state index is 12.2. The number of rotatable bonds is 5. The largest absolute Gasteiger partial charge is 0.497 e. The van der Waals surface area contributed by atoms with Gasteiger partial charge in [0.15, 0.2) is 4.77 Å². The molecule has 0 saturated carbocycles. The summed E-state index contributed by atoms with van der Waals surface area (Å²) in [5.41, 5.74) is 2.87. The molecule has 118 valence electrons. The number of ether oxygens (including phenoxy) is 1. The molecule has 0 bridgehead atoms. The number of H-pyrrole nitrogens is 1. The van der Waals surface area contributed by atoms with E-state index in [0.29, 0.717) is 11.3 Å². The van der Waals surface area contributed by atoms with Crippen molar-refractivity contribution in [1.29, 1.82) is 0 Å². The zero-order chi connectivity index (χ0) is 16.2. The van der Waals surface area contributed by atoms with Crippen molar-refractivity contribution in [3.05, 3.63) is 58.9 Å². The third-order valence-corrected chi connectivity index (χ3v) is 3.95. The van der Waals surface area contributed by atoms with E-state index < -0.39 is 0 Å². The van der Waals surface area contributed by atoms with Crippen LogP contribution in [0.4, 0.5) is 0 Å². The second-order valence-electron chi connectivity index (χ2n) is 5.16. The van der Waals surface area contributed by atoms with Gasteiger partial charge in [-0.2, -0.15) is 0 Å². The van der Waals surface area contributed by atoms with E-state index in [-0.39, 0.29) is 12.5 Å². The molecule has 5 nitrogen and oxygen atoms in total. The van der Waals surface area contributed by atoms with E-state index in [2.05, 4.69) is 10.3 Å². The second kappa shape index (κ2) is 6.66. The van der Waals surface area contributed by atoms with Gasteiger partial charge in [0.05, 0.1) is 18.1 Å². The lowest BCUT2D eigenvalue weighted by molar-refractivity contribution is -0.121. The van der Waals surface area contributed by atoms with E-state index in [4.69, 9.17) is 17.0 Å². The van der Waals surface area contributed by atoms with Crippen LogP contribution in [0.25, 0.3) is 11.0 Å². The van der Waals surface area contributed by atoms with Gasteiger partial charge in [-0.3, -0.25) is 4.79 Å². The highest BCUT2D eigenvalue weighted by molar-refractivity contribution is 7.71. The van der Waals surface area contributed by atoms with Crippen molar-refractivity contribution in [3.63, 3.8) is 0 Å². The number of amides is 1. The van der Waals surface area contributed by atoms with Crippen molar-refractivity contribution in [2.45, 2.75) is 13.1 Å². The van der Waals surface area contributed by atoms with E-state index in [1.165, 1.54) is 0 Å². The zero-order valence-corrected chi connectivity index (χ0v) is 13.5. The van der Waals surface area contributed by atoms with Gasteiger partial charge in [0, 0.05) is 6.54 Å². The van der Waals surface area contributed by atoms with Crippen LogP contribution in [-0.4, -0.2) is 22.6 Å². The molecule has 3 rings (SSSR count). The number of hydrogen-bond donors (Lipinski definition) is 2. The first kappa shape index (κ1) is 15.3. The second-order valence-corrected chi connectivity index (χ2v) is 5.54. The number of carbonyl (C=O) groups is 1. The summed E-state index contributed by atoms with van der Waals surface area (Å²) in [5.74, 6) is 0.715. The van der Waals surface area contributed by atoms with Crippen LogP contribution in [0.3, 0.4) is 0 Å². The molecule has 1 aromatic heterocycles. The number of aromatic nitrogens is 2. The van der Waals surface area contributed by atoms with Gasteiger partial charge in [-0.25, -0.2) is 0 Å². The van der Waals surface area contributed by atoms with Crippen LogP contribution < -0.4 is 10.1 Å². The summed E-state index contributed by atoms with van der Waals surface area (Å²) in [4.78, 5) is 15.3. The topological polar surface area (TPSA) is 59.0 Å². The molecule has 0 saturated heterocycles. The predicted octanol–water partition coefficient (Wildman–Crippen LogP) is 3.02. The molecule has 1 amide bonds. The molecule has 0 fully saturated rings. The van der Waals surface area contributed by atoms with Gasteiger partial charge in [-0.05, 0) is 42.0 Å². The molecule has 1 heterocycles. The number of carbonyl (C=O) groups excluding carboxylic acids is 1. The van der Waals surface area contributed by atoms with Crippen molar-refractivity contribution >= 4 is 29.2 Å². The zero-order valence-electron chi connectivity index (χ0n) is 12.7. The highest BCUT2D eigenvalue weighted by Gasteiger charge is 2.08. The van der Waals surface area contributed by atoms with Crippen molar-refractivity contribution < 1.29 is 9.53 Å². The van der Waals surface area contributed by atoms with E-state index >= 15 is 0 Å². The summed E-state index contributed by atoms with van der Waals surface area (Å²) >= 11 is 5.29. The summed E-state index contributed by atoms with van der Waals surface area (Å²) in [6, 6.07) is 15.3. The van der Waals surface area contributed by atoms with Crippen LogP contribution in [0.1, 0.15) is 5.56 Å². The Morgan fingerprint density at radius 1 is 1.22 bits per heavy atom. The van der Waals surface area contributed by atoms with E-state index in [0.717, 1.165) is 22.3 Å². The quantitative estimate of drug-likeness (QED) is 0.708. The van der Waals surface area contributed by atoms with Crippen molar-refractivity contribution in [3.8, 4) is 5.75 Å². The number of imidazole rings is 1. The summed E-state index contributed by atoms with van der Waals surface area (Å²) in [7, 11) is 1.63. The smallest absolute Gasteiger partial charge is 0.240 e. The molecule has 23 heavy (non-hydrogen) atoms. The van der Waals surface area contributed by atoms with Gasteiger partial charge in [-0.15, -0.1) is 0 Å². The maximum Gasteiger partial charge on any atom is 0.240 e. The fraction of sp³-hybridized carbons (Fsp3) is 0.176. The van der Waals surface area contributed by atoms with Crippen molar-refractivity contribution in [1.82, 2.24) is 14.9 Å². The molecule has 2 aromatic carbocycles. The molecule has 0 aliphatic rings. The Labute approximate surface area is 138 Å². The van der Waals surface area contributed by atoms with Gasteiger partial charge in [0.25, 0.3) is 0 Å². The van der Waals surface area contributed by atoms with Crippen LogP contribution in [-0.2, 0) is 17.9 Å². The first-order valence-electron chi connectivity index (χ1n) is 7.24. The number of aromatic amines is 1. The molecule has 0 spiro atoms. The minimum absolute atomic E-state index is 0.0818. The summed E-state index contributed by atoms with van der Waals surface area (Å²) in [5, 5.41) is 2.91. The summed E-state index contributed by atoms with van der Waals surface area (Å²) in [6.07, 6.45) is 0. The van der Waals surface area contributed by atoms with E-state index in [1.807, 2.05) is 48.5 Å².